The number of nitrogens with one attached hydrogen (secondary N) is 1. The van der Waals surface area contributed by atoms with Gasteiger partial charge in [0, 0.05) is 12.1 Å². The van der Waals surface area contributed by atoms with Crippen LogP contribution in [0, 0.1) is 23.0 Å². The van der Waals surface area contributed by atoms with Crippen molar-refractivity contribution >= 4 is 5.69 Å². The molecule has 0 radical (unpaired) electrons. The van der Waals surface area contributed by atoms with Crippen LogP contribution < -0.4 is 5.32 Å². The molecule has 1 aromatic carbocycles. The summed E-state index contributed by atoms with van der Waals surface area (Å²) in [6.07, 6.45) is 4.64. The minimum atomic E-state index is -0.529. The molecule has 1 nitrogen and oxygen atoms in total. The highest BCUT2D eigenvalue weighted by molar-refractivity contribution is 5.45. The van der Waals surface area contributed by atoms with E-state index in [1.54, 1.807) is 0 Å². The van der Waals surface area contributed by atoms with Gasteiger partial charge in [-0.3, -0.25) is 0 Å². The largest absolute Gasteiger partial charge is 0.380 e. The van der Waals surface area contributed by atoms with Crippen molar-refractivity contribution in [2.75, 3.05) is 5.32 Å². The lowest BCUT2D eigenvalue weighted by Gasteiger charge is -2.41. The highest BCUT2D eigenvalue weighted by Crippen LogP contribution is 2.39. The molecule has 1 aliphatic rings. The van der Waals surface area contributed by atoms with Gasteiger partial charge in [0.15, 0.2) is 0 Å². The molecule has 0 amide bonds. The highest BCUT2D eigenvalue weighted by atomic mass is 19.1. The van der Waals surface area contributed by atoms with Crippen molar-refractivity contribution < 1.29 is 8.78 Å². The van der Waals surface area contributed by atoms with Crippen molar-refractivity contribution in [3.63, 3.8) is 0 Å². The lowest BCUT2D eigenvalue weighted by Crippen LogP contribution is -2.40. The van der Waals surface area contributed by atoms with Crippen LogP contribution in [-0.2, 0) is 0 Å². The molecule has 0 saturated heterocycles. The third kappa shape index (κ3) is 3.46. The Morgan fingerprint density at radius 3 is 2.42 bits per heavy atom. The zero-order valence-electron chi connectivity index (χ0n) is 12.0. The van der Waals surface area contributed by atoms with Crippen LogP contribution in [0.15, 0.2) is 18.2 Å². The van der Waals surface area contributed by atoms with E-state index in [-0.39, 0.29) is 11.5 Å². The first kappa shape index (κ1) is 14.3. The third-order valence-electron chi connectivity index (χ3n) is 4.15. The number of hydrogen-bond donors (Lipinski definition) is 1. The first-order chi connectivity index (χ1) is 8.88. The Morgan fingerprint density at radius 2 is 1.79 bits per heavy atom. The molecule has 3 heteroatoms. The number of hydrogen-bond acceptors (Lipinski definition) is 1. The lowest BCUT2D eigenvalue weighted by atomic mass is 9.69. The summed E-state index contributed by atoms with van der Waals surface area (Å²) in [5, 5.41) is 3.29. The van der Waals surface area contributed by atoms with Crippen LogP contribution in [0.3, 0.4) is 0 Å². The molecule has 0 aromatic heterocycles. The molecule has 1 aliphatic carbocycles. The SMILES string of the molecule is CC(C)(C)C1CCCCC1Nc1ccc(F)cc1F. The van der Waals surface area contributed by atoms with Crippen molar-refractivity contribution in [1.29, 1.82) is 0 Å². The Morgan fingerprint density at radius 1 is 1.11 bits per heavy atom. The van der Waals surface area contributed by atoms with Gasteiger partial charge < -0.3 is 5.32 Å². The fourth-order valence-corrected chi connectivity index (χ4v) is 3.15. The first-order valence-electron chi connectivity index (χ1n) is 7.09. The van der Waals surface area contributed by atoms with E-state index in [4.69, 9.17) is 0 Å². The number of rotatable bonds is 2. The minimum Gasteiger partial charge on any atom is -0.380 e. The summed E-state index contributed by atoms with van der Waals surface area (Å²) < 4.78 is 26.7. The van der Waals surface area contributed by atoms with E-state index in [2.05, 4.69) is 26.1 Å². The Balaban J connectivity index is 2.15. The van der Waals surface area contributed by atoms with Crippen LogP contribution in [0.2, 0.25) is 0 Å². The molecule has 1 saturated carbocycles. The van der Waals surface area contributed by atoms with Crippen LogP contribution >= 0.6 is 0 Å². The van der Waals surface area contributed by atoms with Crippen molar-refractivity contribution in [2.24, 2.45) is 11.3 Å². The van der Waals surface area contributed by atoms with E-state index >= 15 is 0 Å². The summed E-state index contributed by atoms with van der Waals surface area (Å²) in [5.41, 5.74) is 0.622. The zero-order valence-corrected chi connectivity index (χ0v) is 12.0. The molecule has 2 atom stereocenters. The van der Waals surface area contributed by atoms with Crippen LogP contribution in [0.4, 0.5) is 14.5 Å². The molecule has 106 valence electrons. The van der Waals surface area contributed by atoms with Crippen LogP contribution in [-0.4, -0.2) is 6.04 Å². The summed E-state index contributed by atoms with van der Waals surface area (Å²) >= 11 is 0. The molecule has 1 N–H and O–H groups in total. The maximum atomic E-state index is 13.7. The first-order valence-corrected chi connectivity index (χ1v) is 7.09. The van der Waals surface area contributed by atoms with Gasteiger partial charge in [-0.15, -0.1) is 0 Å². The highest BCUT2D eigenvalue weighted by Gasteiger charge is 2.34. The summed E-state index contributed by atoms with van der Waals surface area (Å²) in [6.45, 7) is 6.70. The number of benzene rings is 1. The summed E-state index contributed by atoms with van der Waals surface area (Å²) in [4.78, 5) is 0. The van der Waals surface area contributed by atoms with Crippen LogP contribution in [0.5, 0.6) is 0 Å². The van der Waals surface area contributed by atoms with Gasteiger partial charge in [-0.25, -0.2) is 8.78 Å². The van der Waals surface area contributed by atoms with Crippen molar-refractivity contribution in [1.82, 2.24) is 0 Å². The van der Waals surface area contributed by atoms with Crippen LogP contribution in [0.1, 0.15) is 46.5 Å². The van der Waals surface area contributed by atoms with Gasteiger partial charge in [0.1, 0.15) is 11.6 Å². The molecule has 19 heavy (non-hydrogen) atoms. The predicted octanol–water partition coefficient (Wildman–Crippen LogP) is 4.98. The Labute approximate surface area is 114 Å². The maximum Gasteiger partial charge on any atom is 0.149 e. The van der Waals surface area contributed by atoms with Gasteiger partial charge in [0.05, 0.1) is 5.69 Å². The monoisotopic (exact) mass is 267 g/mol. The van der Waals surface area contributed by atoms with E-state index in [9.17, 15) is 8.78 Å². The summed E-state index contributed by atoms with van der Waals surface area (Å²) in [5.74, 6) is -0.511. The van der Waals surface area contributed by atoms with E-state index < -0.39 is 11.6 Å². The zero-order chi connectivity index (χ0) is 14.0. The van der Waals surface area contributed by atoms with Gasteiger partial charge in [-0.2, -0.15) is 0 Å². The Kier molecular flexibility index (Phi) is 4.12. The van der Waals surface area contributed by atoms with E-state index in [1.165, 1.54) is 31.4 Å². The molecule has 0 heterocycles. The van der Waals surface area contributed by atoms with Gasteiger partial charge in [-0.1, -0.05) is 33.6 Å². The molecule has 2 rings (SSSR count). The van der Waals surface area contributed by atoms with E-state index in [0.29, 0.717) is 11.6 Å². The minimum absolute atomic E-state index is 0.203. The fourth-order valence-electron chi connectivity index (χ4n) is 3.15. The molecule has 0 aliphatic heterocycles. The van der Waals surface area contributed by atoms with Crippen molar-refractivity contribution in [3.05, 3.63) is 29.8 Å². The Hall–Kier alpha value is -1.12. The summed E-state index contributed by atoms with van der Waals surface area (Å²) in [6, 6.07) is 4.02. The van der Waals surface area contributed by atoms with E-state index in [1.807, 2.05) is 0 Å². The topological polar surface area (TPSA) is 12.0 Å². The molecule has 0 bridgehead atoms. The summed E-state index contributed by atoms with van der Waals surface area (Å²) in [7, 11) is 0. The molecule has 0 spiro atoms. The smallest absolute Gasteiger partial charge is 0.149 e. The molecular formula is C16H23F2N. The second-order valence-corrected chi connectivity index (χ2v) is 6.63. The van der Waals surface area contributed by atoms with Gasteiger partial charge in [0.2, 0.25) is 0 Å². The molecule has 1 fully saturated rings. The Bertz CT molecular complexity index is 437. The average molecular weight is 267 g/mol. The normalized spacial score (nSPS) is 24.3. The van der Waals surface area contributed by atoms with E-state index in [0.717, 1.165) is 12.5 Å². The number of halogens is 2. The average Bonchev–Trinajstić information content (AvgIpc) is 2.32. The molecule has 1 aromatic rings. The fraction of sp³-hybridized carbons (Fsp3) is 0.625. The van der Waals surface area contributed by atoms with Gasteiger partial charge in [-0.05, 0) is 36.3 Å². The van der Waals surface area contributed by atoms with Gasteiger partial charge >= 0.3 is 0 Å². The van der Waals surface area contributed by atoms with Gasteiger partial charge in [0.25, 0.3) is 0 Å². The standard InChI is InChI=1S/C16H23F2N/c1-16(2,3)12-6-4-5-7-14(12)19-15-9-8-11(17)10-13(15)18/h8-10,12,14,19H,4-7H2,1-3H3. The molecule has 2 unspecified atom stereocenters. The van der Waals surface area contributed by atoms with Crippen molar-refractivity contribution in [2.45, 2.75) is 52.5 Å². The second-order valence-electron chi connectivity index (χ2n) is 6.63. The quantitative estimate of drug-likeness (QED) is 0.796. The second kappa shape index (κ2) is 5.48. The lowest BCUT2D eigenvalue weighted by molar-refractivity contribution is 0.162. The van der Waals surface area contributed by atoms with Crippen molar-refractivity contribution in [3.8, 4) is 0 Å². The third-order valence-corrected chi connectivity index (χ3v) is 4.15. The predicted molar refractivity (Wildman–Crippen MR) is 75.2 cm³/mol. The molecular weight excluding hydrogens is 244 g/mol. The van der Waals surface area contributed by atoms with Crippen LogP contribution in [0.25, 0.3) is 0 Å². The maximum absolute atomic E-state index is 13.7. The number of anilines is 1.